The van der Waals surface area contributed by atoms with Gasteiger partial charge >= 0.3 is 0 Å². The van der Waals surface area contributed by atoms with Crippen LogP contribution >= 0.6 is 23.2 Å². The van der Waals surface area contributed by atoms with Gasteiger partial charge in [0.15, 0.2) is 5.65 Å². The van der Waals surface area contributed by atoms with Crippen molar-refractivity contribution in [2.24, 2.45) is 5.92 Å². The van der Waals surface area contributed by atoms with Crippen LogP contribution < -0.4 is 10.8 Å². The monoisotopic (exact) mass is 388 g/mol. The van der Waals surface area contributed by atoms with Crippen LogP contribution in [0.3, 0.4) is 0 Å². The predicted octanol–water partition coefficient (Wildman–Crippen LogP) is 4.26. The Hall–Kier alpha value is -2.31. The van der Waals surface area contributed by atoms with Gasteiger partial charge < -0.3 is 10.3 Å². The number of nitrogens with zero attached hydrogens (tertiary/aromatic N) is 2. The highest BCUT2D eigenvalue weighted by atomic mass is 35.5. The molecule has 0 amide bonds. The van der Waals surface area contributed by atoms with E-state index in [-0.39, 0.29) is 17.4 Å². The maximum absolute atomic E-state index is 8.66. The van der Waals surface area contributed by atoms with Gasteiger partial charge in [-0.15, -0.1) is 0 Å². The molecule has 26 heavy (non-hydrogen) atoms. The highest BCUT2D eigenvalue weighted by Crippen LogP contribution is 2.31. The molecule has 0 saturated heterocycles. The second-order valence-corrected chi connectivity index (χ2v) is 7.37. The number of fused-ring (bicyclic) bond motifs is 1. The van der Waals surface area contributed by atoms with Crippen molar-refractivity contribution in [2.45, 2.75) is 25.3 Å². The van der Waals surface area contributed by atoms with E-state index in [1.165, 1.54) is 6.20 Å². The third kappa shape index (κ3) is 3.10. The standard InChI is InChI=1S/C18H18Cl2N6/c19-13-4-3-12(8-14(13)20)25-11-2-1-10(7-11)17(22)26-15-5-6-23-18(15)24-9-16(26)21/h3-6,8-11,21-23,25H,1-2,7H2/t10-,11-/m1/s1. The number of H-pyrrole nitrogens is 1. The Bertz CT molecular complexity index is 1040. The van der Waals surface area contributed by atoms with Crippen LogP contribution in [0.1, 0.15) is 19.3 Å². The summed E-state index contributed by atoms with van der Waals surface area (Å²) in [4.78, 5) is 7.24. The van der Waals surface area contributed by atoms with E-state index in [0.29, 0.717) is 21.5 Å². The van der Waals surface area contributed by atoms with Gasteiger partial charge in [0.2, 0.25) is 0 Å². The zero-order valence-corrected chi connectivity index (χ0v) is 15.4. The number of anilines is 1. The minimum atomic E-state index is 0.0878. The number of hydrogen-bond acceptors (Lipinski definition) is 4. The van der Waals surface area contributed by atoms with Crippen LogP contribution in [0.4, 0.5) is 5.69 Å². The first kappa shape index (κ1) is 17.1. The lowest BCUT2D eigenvalue weighted by Gasteiger charge is -2.17. The first-order chi connectivity index (χ1) is 12.5. The minimum absolute atomic E-state index is 0.0878. The Labute approximate surface area is 160 Å². The fraction of sp³-hybridized carbons (Fsp3) is 0.278. The molecule has 0 radical (unpaired) electrons. The van der Waals surface area contributed by atoms with Crippen LogP contribution in [0.25, 0.3) is 11.2 Å². The Morgan fingerprint density at radius 2 is 2.08 bits per heavy atom. The van der Waals surface area contributed by atoms with Crippen molar-refractivity contribution in [1.29, 1.82) is 10.8 Å². The molecule has 0 spiro atoms. The first-order valence-corrected chi connectivity index (χ1v) is 9.18. The molecule has 6 nitrogen and oxygen atoms in total. The van der Waals surface area contributed by atoms with E-state index in [1.54, 1.807) is 16.8 Å². The molecule has 0 bridgehead atoms. The number of benzene rings is 1. The van der Waals surface area contributed by atoms with Gasteiger partial charge in [0, 0.05) is 23.8 Å². The summed E-state index contributed by atoms with van der Waals surface area (Å²) in [5.74, 6) is 0.533. The van der Waals surface area contributed by atoms with Crippen LogP contribution in [0, 0.1) is 16.7 Å². The van der Waals surface area contributed by atoms with Crippen molar-refractivity contribution >= 4 is 45.9 Å². The van der Waals surface area contributed by atoms with Crippen molar-refractivity contribution in [3.63, 3.8) is 0 Å². The maximum atomic E-state index is 8.66. The number of halogens is 2. The lowest BCUT2D eigenvalue weighted by Crippen LogP contribution is -2.31. The minimum Gasteiger partial charge on any atom is -0.382 e. The summed E-state index contributed by atoms with van der Waals surface area (Å²) in [6.07, 6.45) is 5.96. The van der Waals surface area contributed by atoms with Crippen LogP contribution in [-0.4, -0.2) is 26.4 Å². The molecular formula is C18H18Cl2N6. The van der Waals surface area contributed by atoms with Gasteiger partial charge in [0.1, 0.15) is 11.3 Å². The molecule has 1 saturated carbocycles. The summed E-state index contributed by atoms with van der Waals surface area (Å²) < 4.78 is 1.67. The van der Waals surface area contributed by atoms with Gasteiger partial charge in [0.05, 0.1) is 21.8 Å². The molecule has 0 unspecified atom stereocenters. The van der Waals surface area contributed by atoms with E-state index >= 15 is 0 Å². The van der Waals surface area contributed by atoms with E-state index in [1.807, 2.05) is 18.2 Å². The van der Waals surface area contributed by atoms with Gasteiger partial charge in [0.25, 0.3) is 0 Å². The van der Waals surface area contributed by atoms with Crippen LogP contribution in [0.15, 0.2) is 36.7 Å². The van der Waals surface area contributed by atoms with Crippen molar-refractivity contribution in [3.8, 4) is 0 Å². The average Bonchev–Trinajstić information content (AvgIpc) is 3.27. The quantitative estimate of drug-likeness (QED) is 0.398. The topological polar surface area (TPSA) is 93.3 Å². The summed E-state index contributed by atoms with van der Waals surface area (Å²) in [5, 5.41) is 21.4. The van der Waals surface area contributed by atoms with Crippen molar-refractivity contribution < 1.29 is 0 Å². The van der Waals surface area contributed by atoms with Gasteiger partial charge in [-0.05, 0) is 43.5 Å². The highest BCUT2D eigenvalue weighted by Gasteiger charge is 2.29. The molecule has 1 aromatic carbocycles. The molecule has 134 valence electrons. The van der Waals surface area contributed by atoms with Crippen LogP contribution in [0.2, 0.25) is 10.0 Å². The molecule has 1 aliphatic rings. The van der Waals surface area contributed by atoms with E-state index in [2.05, 4.69) is 15.3 Å². The van der Waals surface area contributed by atoms with E-state index in [0.717, 1.165) is 30.5 Å². The van der Waals surface area contributed by atoms with Gasteiger partial charge in [-0.1, -0.05) is 23.2 Å². The van der Waals surface area contributed by atoms with E-state index in [4.69, 9.17) is 34.0 Å². The molecule has 1 aliphatic carbocycles. The molecule has 0 aliphatic heterocycles. The lowest BCUT2D eigenvalue weighted by atomic mass is 10.1. The van der Waals surface area contributed by atoms with E-state index < -0.39 is 0 Å². The fourth-order valence-corrected chi connectivity index (χ4v) is 3.87. The summed E-state index contributed by atoms with van der Waals surface area (Å²) in [6, 6.07) is 7.63. The zero-order chi connectivity index (χ0) is 18.3. The third-order valence-corrected chi connectivity index (χ3v) is 5.59. The number of aromatic amines is 1. The highest BCUT2D eigenvalue weighted by molar-refractivity contribution is 6.42. The molecule has 8 heteroatoms. The Morgan fingerprint density at radius 3 is 2.88 bits per heavy atom. The molecule has 4 N–H and O–H groups in total. The van der Waals surface area contributed by atoms with Crippen LogP contribution in [0.5, 0.6) is 0 Å². The molecular weight excluding hydrogens is 371 g/mol. The summed E-state index contributed by atoms with van der Waals surface area (Å²) in [7, 11) is 0. The number of aromatic nitrogens is 3. The van der Waals surface area contributed by atoms with Crippen molar-refractivity contribution in [1.82, 2.24) is 14.5 Å². The number of hydrogen-bond donors (Lipinski definition) is 4. The summed E-state index contributed by atoms with van der Waals surface area (Å²) in [6.45, 7) is 0. The number of nitrogens with one attached hydrogen (secondary N) is 4. The molecule has 2 aromatic heterocycles. The molecule has 1 fully saturated rings. The number of rotatable bonds is 3. The Morgan fingerprint density at radius 1 is 1.23 bits per heavy atom. The second-order valence-electron chi connectivity index (χ2n) is 6.56. The molecule has 3 aromatic rings. The lowest BCUT2D eigenvalue weighted by molar-refractivity contribution is 0.678. The third-order valence-electron chi connectivity index (χ3n) is 4.85. The van der Waals surface area contributed by atoms with Gasteiger partial charge in [-0.25, -0.2) is 4.98 Å². The summed E-state index contributed by atoms with van der Waals surface area (Å²) >= 11 is 12.0. The molecule has 2 atom stereocenters. The second kappa shape index (κ2) is 6.78. The van der Waals surface area contributed by atoms with Gasteiger partial charge in [-0.2, -0.15) is 0 Å². The Balaban J connectivity index is 1.52. The zero-order valence-electron chi connectivity index (χ0n) is 13.9. The SMILES string of the molecule is N=C([C@@H]1CC[C@@H](Nc2ccc(Cl)c(Cl)c2)C1)n1c(=N)cnc2[nH]ccc21. The average molecular weight is 389 g/mol. The van der Waals surface area contributed by atoms with Crippen molar-refractivity contribution in [3.05, 3.63) is 52.2 Å². The summed E-state index contributed by atoms with van der Waals surface area (Å²) in [5.41, 5.74) is 2.61. The normalized spacial score (nSPS) is 19.8. The Kier molecular flexibility index (Phi) is 4.46. The van der Waals surface area contributed by atoms with Gasteiger partial charge in [-0.3, -0.25) is 15.4 Å². The largest absolute Gasteiger partial charge is 0.382 e. The molecule has 2 heterocycles. The smallest absolute Gasteiger partial charge is 0.154 e. The predicted molar refractivity (Wildman–Crippen MR) is 104 cm³/mol. The van der Waals surface area contributed by atoms with Crippen LogP contribution in [-0.2, 0) is 0 Å². The first-order valence-electron chi connectivity index (χ1n) is 8.43. The van der Waals surface area contributed by atoms with Crippen molar-refractivity contribution in [2.75, 3.05) is 5.32 Å². The fourth-order valence-electron chi connectivity index (χ4n) is 3.57. The maximum Gasteiger partial charge on any atom is 0.154 e. The molecule has 4 rings (SSSR count). The van der Waals surface area contributed by atoms with E-state index in [9.17, 15) is 0 Å².